The molecular formula is C33H30FN7O2. The number of nitriles is 1. The van der Waals surface area contributed by atoms with Crippen LogP contribution in [-0.4, -0.2) is 55.4 Å². The number of carbonyl (C=O) groups excluding carboxylic acids is 1. The van der Waals surface area contributed by atoms with Crippen LogP contribution in [0.2, 0.25) is 0 Å². The number of nitrogens with zero attached hydrogens (tertiary/aromatic N) is 7. The lowest BCUT2D eigenvalue weighted by Gasteiger charge is -2.30. The molecule has 0 unspecified atom stereocenters. The highest BCUT2D eigenvalue weighted by Gasteiger charge is 2.47. The van der Waals surface area contributed by atoms with Gasteiger partial charge in [-0.25, -0.2) is 9.37 Å². The first-order valence-corrected chi connectivity index (χ1v) is 14.7. The number of hydrogen-bond acceptors (Lipinski definition) is 7. The summed E-state index contributed by atoms with van der Waals surface area (Å²) in [6, 6.07) is 15.4. The molecule has 1 saturated carbocycles. The standard InChI is InChI=1S/C33H30FN7O2/c1-33-12-23(16-43-33)40(17-33)14-20-8-26-27(28(34)9-20)15-41(32(26)42)30-11-22(10-29(37-30)21-4-5-21)24-6-3-19(13-35)7-25(24)31-38-36-18-39(31)2/h3,6-11,18,21,23H,4-5,12,14-17H2,1-2H3/t23-,33-/m1/s1. The number of hydrogen-bond donors (Lipinski definition) is 0. The first-order chi connectivity index (χ1) is 20.8. The summed E-state index contributed by atoms with van der Waals surface area (Å²) in [6.07, 6.45) is 4.67. The van der Waals surface area contributed by atoms with Gasteiger partial charge in [-0.05, 0) is 79.3 Å². The van der Waals surface area contributed by atoms with Gasteiger partial charge in [0.2, 0.25) is 0 Å². The zero-order valence-corrected chi connectivity index (χ0v) is 24.0. The molecule has 2 bridgehead atoms. The van der Waals surface area contributed by atoms with Crippen molar-refractivity contribution >= 4 is 11.7 Å². The van der Waals surface area contributed by atoms with Gasteiger partial charge >= 0.3 is 0 Å². The van der Waals surface area contributed by atoms with Crippen LogP contribution in [0.15, 0.2) is 48.8 Å². The summed E-state index contributed by atoms with van der Waals surface area (Å²) in [5.41, 5.74) is 5.38. The average Bonchev–Trinajstić information content (AvgIpc) is 3.36. The third kappa shape index (κ3) is 4.42. The number of anilines is 1. The molecule has 2 atom stereocenters. The van der Waals surface area contributed by atoms with E-state index in [-0.39, 0.29) is 23.9 Å². The molecule has 2 aromatic carbocycles. The maximum absolute atomic E-state index is 15.5. The van der Waals surface area contributed by atoms with E-state index in [9.17, 15) is 10.1 Å². The van der Waals surface area contributed by atoms with Gasteiger partial charge in [-0.1, -0.05) is 6.07 Å². The van der Waals surface area contributed by atoms with E-state index < -0.39 is 0 Å². The van der Waals surface area contributed by atoms with Gasteiger partial charge in [-0.3, -0.25) is 14.6 Å². The van der Waals surface area contributed by atoms with Gasteiger partial charge in [0.15, 0.2) is 5.82 Å². The number of ether oxygens (including phenoxy) is 1. The summed E-state index contributed by atoms with van der Waals surface area (Å²) in [5.74, 6) is 0.848. The Morgan fingerprint density at radius 2 is 2.00 bits per heavy atom. The van der Waals surface area contributed by atoms with Crippen LogP contribution in [0.4, 0.5) is 10.2 Å². The van der Waals surface area contributed by atoms with Crippen molar-refractivity contribution in [2.45, 2.75) is 56.8 Å². The third-order valence-corrected chi connectivity index (χ3v) is 9.29. The number of aromatic nitrogens is 4. The number of pyridine rings is 1. The lowest BCUT2D eigenvalue weighted by atomic mass is 9.96. The van der Waals surface area contributed by atoms with Crippen LogP contribution in [0.25, 0.3) is 22.5 Å². The molecule has 10 heteroatoms. The molecule has 8 rings (SSSR count). The summed E-state index contributed by atoms with van der Waals surface area (Å²) < 4.78 is 23.3. The van der Waals surface area contributed by atoms with Gasteiger partial charge in [-0.15, -0.1) is 10.2 Å². The van der Waals surface area contributed by atoms with E-state index in [4.69, 9.17) is 9.72 Å². The van der Waals surface area contributed by atoms with Gasteiger partial charge in [0, 0.05) is 54.5 Å². The number of rotatable bonds is 6. The van der Waals surface area contributed by atoms with Crippen LogP contribution in [0.1, 0.15) is 64.8 Å². The Balaban J connectivity index is 1.16. The molecule has 3 fully saturated rings. The monoisotopic (exact) mass is 575 g/mol. The largest absolute Gasteiger partial charge is 0.372 e. The highest BCUT2D eigenvalue weighted by atomic mass is 19.1. The number of fused-ring (bicyclic) bond motifs is 3. The van der Waals surface area contributed by atoms with E-state index in [1.54, 1.807) is 23.4 Å². The molecule has 4 aromatic rings. The van der Waals surface area contributed by atoms with Crippen LogP contribution in [0.3, 0.4) is 0 Å². The Bertz CT molecular complexity index is 1860. The number of aryl methyl sites for hydroxylation is 1. The van der Waals surface area contributed by atoms with Crippen LogP contribution in [-0.2, 0) is 24.9 Å². The van der Waals surface area contributed by atoms with Crippen molar-refractivity contribution in [1.29, 1.82) is 5.26 Å². The summed E-state index contributed by atoms with van der Waals surface area (Å²) >= 11 is 0. The zero-order chi connectivity index (χ0) is 29.5. The number of amides is 1. The van der Waals surface area contributed by atoms with Crippen molar-refractivity contribution in [3.63, 3.8) is 0 Å². The fourth-order valence-corrected chi connectivity index (χ4v) is 6.93. The lowest BCUT2D eigenvalue weighted by molar-refractivity contribution is -0.0351. The molecule has 1 aliphatic carbocycles. The third-order valence-electron chi connectivity index (χ3n) is 9.29. The van der Waals surface area contributed by atoms with Crippen LogP contribution >= 0.6 is 0 Å². The average molecular weight is 576 g/mol. The maximum atomic E-state index is 15.5. The summed E-state index contributed by atoms with van der Waals surface area (Å²) in [7, 11) is 1.86. The van der Waals surface area contributed by atoms with Gasteiger partial charge in [0.05, 0.1) is 30.4 Å². The van der Waals surface area contributed by atoms with Crippen molar-refractivity contribution in [3.8, 4) is 28.6 Å². The summed E-state index contributed by atoms with van der Waals surface area (Å²) in [6.45, 7) is 4.35. The van der Waals surface area contributed by atoms with E-state index in [1.807, 2.05) is 35.9 Å². The van der Waals surface area contributed by atoms with Gasteiger partial charge in [-0.2, -0.15) is 5.26 Å². The molecule has 216 valence electrons. The minimum Gasteiger partial charge on any atom is -0.372 e. The molecule has 43 heavy (non-hydrogen) atoms. The topological polar surface area (TPSA) is 100 Å². The predicted octanol–water partition coefficient (Wildman–Crippen LogP) is 4.96. The molecule has 5 heterocycles. The van der Waals surface area contributed by atoms with Crippen molar-refractivity contribution < 1.29 is 13.9 Å². The summed E-state index contributed by atoms with van der Waals surface area (Å²) in [4.78, 5) is 22.7. The Morgan fingerprint density at radius 1 is 1.14 bits per heavy atom. The van der Waals surface area contributed by atoms with E-state index >= 15 is 4.39 Å². The Hall–Kier alpha value is -4.46. The van der Waals surface area contributed by atoms with Crippen molar-refractivity contribution in [3.05, 3.63) is 82.6 Å². The number of carbonyl (C=O) groups is 1. The smallest absolute Gasteiger partial charge is 0.260 e. The zero-order valence-electron chi connectivity index (χ0n) is 24.0. The minimum atomic E-state index is -0.356. The van der Waals surface area contributed by atoms with Crippen LogP contribution in [0.5, 0.6) is 0 Å². The maximum Gasteiger partial charge on any atom is 0.260 e. The molecule has 3 aliphatic heterocycles. The van der Waals surface area contributed by atoms with Gasteiger partial charge in [0.25, 0.3) is 5.91 Å². The Kier molecular flexibility index (Phi) is 5.80. The van der Waals surface area contributed by atoms with Crippen molar-refractivity contribution in [2.24, 2.45) is 7.05 Å². The normalized spacial score (nSPS) is 22.8. The fourth-order valence-electron chi connectivity index (χ4n) is 6.93. The quantitative estimate of drug-likeness (QED) is 0.321. The highest BCUT2D eigenvalue weighted by molar-refractivity contribution is 6.10. The Labute approximate surface area is 248 Å². The molecular weight excluding hydrogens is 545 g/mol. The van der Waals surface area contributed by atoms with Crippen molar-refractivity contribution in [1.82, 2.24) is 24.6 Å². The molecule has 2 saturated heterocycles. The van der Waals surface area contributed by atoms with E-state index in [0.717, 1.165) is 53.8 Å². The molecule has 4 aliphatic rings. The molecule has 2 aromatic heterocycles. The molecule has 0 spiro atoms. The number of benzene rings is 2. The fraction of sp³-hybridized carbons (Fsp3) is 0.364. The van der Waals surface area contributed by atoms with Crippen LogP contribution < -0.4 is 4.90 Å². The van der Waals surface area contributed by atoms with E-state index in [0.29, 0.717) is 53.4 Å². The first-order valence-electron chi connectivity index (χ1n) is 14.7. The van der Waals surface area contributed by atoms with E-state index in [1.165, 1.54) is 0 Å². The molecule has 1 amide bonds. The predicted molar refractivity (Wildman–Crippen MR) is 156 cm³/mol. The van der Waals surface area contributed by atoms with Gasteiger partial charge < -0.3 is 9.30 Å². The van der Waals surface area contributed by atoms with E-state index in [2.05, 4.69) is 34.2 Å². The lowest BCUT2D eigenvalue weighted by Crippen LogP contribution is -2.40. The number of morpholine rings is 1. The second-order valence-electron chi connectivity index (χ2n) is 12.6. The first kappa shape index (κ1) is 26.2. The highest BCUT2D eigenvalue weighted by Crippen LogP contribution is 2.44. The summed E-state index contributed by atoms with van der Waals surface area (Å²) in [5, 5.41) is 17.9. The Morgan fingerprint density at radius 3 is 2.70 bits per heavy atom. The second kappa shape index (κ2) is 9.53. The molecule has 0 N–H and O–H groups in total. The van der Waals surface area contributed by atoms with Gasteiger partial charge in [0.1, 0.15) is 18.0 Å². The number of likely N-dealkylation sites (tertiary alicyclic amines) is 1. The molecule has 9 nitrogen and oxygen atoms in total. The SMILES string of the molecule is Cn1cnnc1-c1cc(C#N)ccc1-c1cc(C2CC2)nc(N2Cc3c(F)cc(CN4C[C@@]5(C)C[C@@H]4CO5)cc3C2=O)c1. The minimum absolute atomic E-state index is 0.128. The number of halogens is 1. The van der Waals surface area contributed by atoms with Crippen LogP contribution in [0, 0.1) is 17.1 Å². The molecule has 0 radical (unpaired) electrons. The van der Waals surface area contributed by atoms with Crippen molar-refractivity contribution in [2.75, 3.05) is 18.1 Å². The second-order valence-corrected chi connectivity index (χ2v) is 12.6.